The van der Waals surface area contributed by atoms with E-state index < -0.39 is 11.2 Å². The van der Waals surface area contributed by atoms with Gasteiger partial charge in [0.1, 0.15) is 5.75 Å². The number of hydrogen-bond acceptors (Lipinski definition) is 4. The van der Waals surface area contributed by atoms with Gasteiger partial charge in [0.2, 0.25) is 6.29 Å². The van der Waals surface area contributed by atoms with Crippen molar-refractivity contribution in [1.82, 2.24) is 0 Å². The molecule has 180 valence electrons. The second kappa shape index (κ2) is 16.0. The summed E-state index contributed by atoms with van der Waals surface area (Å²) < 4.78 is 5.54. The summed E-state index contributed by atoms with van der Waals surface area (Å²) in [6, 6.07) is 14.3. The quantitative estimate of drug-likeness (QED) is 0.0882. The Bertz CT molecular complexity index is 815. The number of unbranched alkanes of at least 4 members (excludes halogenated alkanes) is 9. The Morgan fingerprint density at radius 1 is 0.848 bits per heavy atom. The highest BCUT2D eigenvalue weighted by atomic mass is 16.6. The number of aliphatic hydroxyl groups excluding tert-OH is 1. The number of nitrogens with zero attached hydrogens (tertiary/aromatic N) is 1. The number of aryl methyl sites for hydroxylation is 1. The molecule has 2 aromatic rings. The molecule has 5 heteroatoms. The van der Waals surface area contributed by atoms with Gasteiger partial charge in [-0.25, -0.2) is 0 Å². The van der Waals surface area contributed by atoms with Crippen molar-refractivity contribution in [2.45, 2.75) is 90.3 Å². The summed E-state index contributed by atoms with van der Waals surface area (Å²) in [5.74, 6) is 0.634. The molecule has 0 saturated carbocycles. The van der Waals surface area contributed by atoms with E-state index in [0.717, 1.165) is 12.0 Å². The number of hydrogen-bond donors (Lipinski definition) is 1. The van der Waals surface area contributed by atoms with Crippen molar-refractivity contribution in [2.24, 2.45) is 0 Å². The molecule has 2 aromatic carbocycles. The Balaban J connectivity index is 1.59. The number of aliphatic hydroxyl groups is 1. The van der Waals surface area contributed by atoms with E-state index in [0.29, 0.717) is 12.2 Å². The normalized spacial score (nSPS) is 12.2. The molecule has 0 aliphatic heterocycles. The maximum atomic E-state index is 10.7. The zero-order chi connectivity index (χ0) is 23.7. The number of nitro benzene ring substituents is 1. The summed E-state index contributed by atoms with van der Waals surface area (Å²) in [6.45, 7) is 2.26. The van der Waals surface area contributed by atoms with Crippen molar-refractivity contribution in [3.63, 3.8) is 0 Å². The number of ether oxygens (including phenoxy) is 1. The van der Waals surface area contributed by atoms with Crippen molar-refractivity contribution in [2.75, 3.05) is 0 Å². The minimum Gasteiger partial charge on any atom is -0.461 e. The lowest BCUT2D eigenvalue weighted by Gasteiger charge is -2.10. The number of rotatable bonds is 17. The number of benzene rings is 2. The van der Waals surface area contributed by atoms with E-state index in [-0.39, 0.29) is 5.69 Å². The smallest absolute Gasteiger partial charge is 0.269 e. The molecule has 33 heavy (non-hydrogen) atoms. The van der Waals surface area contributed by atoms with Crippen LogP contribution in [0.15, 0.2) is 60.7 Å². The molecule has 1 atom stereocenters. The average molecular weight is 454 g/mol. The van der Waals surface area contributed by atoms with Crippen LogP contribution in [0.4, 0.5) is 5.69 Å². The minimum absolute atomic E-state index is 0.0720. The first kappa shape index (κ1) is 26.6. The second-order valence-electron chi connectivity index (χ2n) is 8.64. The van der Waals surface area contributed by atoms with Gasteiger partial charge in [-0.1, -0.05) is 95.1 Å². The van der Waals surface area contributed by atoms with Crippen molar-refractivity contribution in [3.05, 3.63) is 81.9 Å². The van der Waals surface area contributed by atoms with E-state index in [2.05, 4.69) is 19.1 Å². The highest BCUT2D eigenvalue weighted by molar-refractivity contribution is 5.33. The zero-order valence-electron chi connectivity index (χ0n) is 20.0. The second-order valence-corrected chi connectivity index (χ2v) is 8.64. The summed E-state index contributed by atoms with van der Waals surface area (Å²) in [4.78, 5) is 10.3. The largest absolute Gasteiger partial charge is 0.461 e. The van der Waals surface area contributed by atoms with Gasteiger partial charge in [-0.3, -0.25) is 10.1 Å². The third kappa shape index (κ3) is 11.7. The summed E-state index contributed by atoms with van der Waals surface area (Å²) >= 11 is 0. The lowest BCUT2D eigenvalue weighted by atomic mass is 10.0. The van der Waals surface area contributed by atoms with Crippen LogP contribution in [-0.2, 0) is 12.8 Å². The van der Waals surface area contributed by atoms with E-state index in [4.69, 9.17) is 4.74 Å². The fraction of sp³-hybridized carbons (Fsp3) is 0.500. The van der Waals surface area contributed by atoms with Crippen LogP contribution in [0.2, 0.25) is 0 Å². The maximum Gasteiger partial charge on any atom is 0.269 e. The summed E-state index contributed by atoms with van der Waals surface area (Å²) in [5, 5.41) is 20.8. The maximum absolute atomic E-state index is 10.7. The van der Waals surface area contributed by atoms with Gasteiger partial charge in [0.15, 0.2) is 0 Å². The number of allylic oxidation sites excluding steroid dienone is 1. The van der Waals surface area contributed by atoms with Crippen molar-refractivity contribution in [3.8, 4) is 5.75 Å². The fourth-order valence-corrected chi connectivity index (χ4v) is 3.80. The molecule has 1 unspecified atom stereocenters. The first-order valence-corrected chi connectivity index (χ1v) is 12.4. The Hall–Kier alpha value is -2.66. The van der Waals surface area contributed by atoms with E-state index in [1.807, 2.05) is 12.1 Å². The molecule has 0 saturated heterocycles. The van der Waals surface area contributed by atoms with Gasteiger partial charge in [0.25, 0.3) is 5.69 Å². The van der Waals surface area contributed by atoms with Gasteiger partial charge < -0.3 is 9.84 Å². The molecule has 0 aromatic heterocycles. The zero-order valence-corrected chi connectivity index (χ0v) is 20.0. The van der Waals surface area contributed by atoms with Crippen LogP contribution in [-0.4, -0.2) is 16.3 Å². The molecule has 0 spiro atoms. The van der Waals surface area contributed by atoms with E-state index >= 15 is 0 Å². The van der Waals surface area contributed by atoms with Crippen molar-refractivity contribution < 1.29 is 14.8 Å². The molecule has 1 N–H and O–H groups in total. The molecule has 0 fully saturated rings. The molecular formula is C28H39NO4. The summed E-state index contributed by atoms with van der Waals surface area (Å²) in [6.07, 6.45) is 17.4. The molecule has 0 radical (unpaired) electrons. The molecule has 0 bridgehead atoms. The highest BCUT2D eigenvalue weighted by Gasteiger charge is 2.04. The molecule has 0 aliphatic rings. The third-order valence-corrected chi connectivity index (χ3v) is 5.80. The van der Waals surface area contributed by atoms with Gasteiger partial charge in [0, 0.05) is 12.1 Å². The third-order valence-electron chi connectivity index (χ3n) is 5.80. The van der Waals surface area contributed by atoms with Crippen LogP contribution in [0, 0.1) is 10.1 Å². The fourth-order valence-electron chi connectivity index (χ4n) is 3.80. The van der Waals surface area contributed by atoms with Crippen LogP contribution < -0.4 is 4.74 Å². The number of nitro groups is 1. The molecule has 5 nitrogen and oxygen atoms in total. The van der Waals surface area contributed by atoms with Gasteiger partial charge in [-0.05, 0) is 48.6 Å². The van der Waals surface area contributed by atoms with E-state index in [1.165, 1.54) is 81.9 Å². The van der Waals surface area contributed by atoms with Gasteiger partial charge in [0.05, 0.1) is 4.92 Å². The standard InChI is InChI=1S/C28H39NO4/c1-2-3-4-5-6-7-8-9-10-11-13-24-18-22-27(23-19-24)33-28(30)15-12-14-25-16-20-26(21-17-25)29(31)32/h12,15-23,28,30H,2-11,13-14H2,1H3. The SMILES string of the molecule is CCCCCCCCCCCCc1ccc(OC(O)C=CCc2ccc([N+](=O)[O-])cc2)cc1. The molecule has 2 rings (SSSR count). The highest BCUT2D eigenvalue weighted by Crippen LogP contribution is 2.17. The average Bonchev–Trinajstić information content (AvgIpc) is 2.81. The Labute approximate surface area is 198 Å². The van der Waals surface area contributed by atoms with Gasteiger partial charge in [-0.2, -0.15) is 0 Å². The number of non-ortho nitro benzene ring substituents is 1. The Morgan fingerprint density at radius 3 is 1.97 bits per heavy atom. The van der Waals surface area contributed by atoms with Crippen molar-refractivity contribution in [1.29, 1.82) is 0 Å². The van der Waals surface area contributed by atoms with Gasteiger partial charge >= 0.3 is 0 Å². The van der Waals surface area contributed by atoms with E-state index in [1.54, 1.807) is 24.3 Å². The predicted octanol–water partition coefficient (Wildman–Crippen LogP) is 7.55. The molecule has 0 amide bonds. The van der Waals surface area contributed by atoms with Crippen LogP contribution >= 0.6 is 0 Å². The van der Waals surface area contributed by atoms with Crippen LogP contribution in [0.1, 0.15) is 82.3 Å². The monoisotopic (exact) mass is 453 g/mol. The van der Waals surface area contributed by atoms with Crippen LogP contribution in [0.25, 0.3) is 0 Å². The van der Waals surface area contributed by atoms with Crippen LogP contribution in [0.3, 0.4) is 0 Å². The topological polar surface area (TPSA) is 72.6 Å². The van der Waals surface area contributed by atoms with Gasteiger partial charge in [-0.15, -0.1) is 0 Å². The molecule has 0 heterocycles. The lowest BCUT2D eigenvalue weighted by Crippen LogP contribution is -2.11. The summed E-state index contributed by atoms with van der Waals surface area (Å²) in [5.41, 5.74) is 2.30. The first-order chi connectivity index (χ1) is 16.1. The minimum atomic E-state index is -1.03. The Morgan fingerprint density at radius 2 is 1.39 bits per heavy atom. The first-order valence-electron chi connectivity index (χ1n) is 12.4. The predicted molar refractivity (Wildman–Crippen MR) is 135 cm³/mol. The van der Waals surface area contributed by atoms with Crippen LogP contribution in [0.5, 0.6) is 5.75 Å². The summed E-state index contributed by atoms with van der Waals surface area (Å²) in [7, 11) is 0. The Kier molecular flexibility index (Phi) is 12.9. The molecule has 0 aliphatic carbocycles. The van der Waals surface area contributed by atoms with Crippen molar-refractivity contribution >= 4 is 5.69 Å². The van der Waals surface area contributed by atoms with E-state index in [9.17, 15) is 15.2 Å². The molecular weight excluding hydrogens is 414 g/mol. The lowest BCUT2D eigenvalue weighted by molar-refractivity contribution is -0.384.